The highest BCUT2D eigenvalue weighted by Gasteiger charge is 2.21. The zero-order valence-electron chi connectivity index (χ0n) is 9.35. The Morgan fingerprint density at radius 2 is 2.12 bits per heavy atom. The van der Waals surface area contributed by atoms with Crippen LogP contribution in [0.5, 0.6) is 5.75 Å². The van der Waals surface area contributed by atoms with Crippen LogP contribution in [0.25, 0.3) is 0 Å². The maximum absolute atomic E-state index is 10.8. The first-order chi connectivity index (χ1) is 7.51. The molecule has 0 spiro atoms. The van der Waals surface area contributed by atoms with Gasteiger partial charge in [-0.3, -0.25) is 0 Å². The van der Waals surface area contributed by atoms with Crippen molar-refractivity contribution in [3.05, 3.63) is 23.3 Å². The van der Waals surface area contributed by atoms with E-state index < -0.39 is 12.1 Å². The van der Waals surface area contributed by atoms with Crippen LogP contribution in [-0.4, -0.2) is 29.5 Å². The number of benzene rings is 1. The number of aliphatic hydroxyl groups is 1. The second-order valence-corrected chi connectivity index (χ2v) is 4.15. The van der Waals surface area contributed by atoms with Crippen LogP contribution in [0.2, 0.25) is 0 Å². The van der Waals surface area contributed by atoms with Gasteiger partial charge in [0.2, 0.25) is 0 Å². The van der Waals surface area contributed by atoms with Crippen LogP contribution in [-0.2, 0) is 4.79 Å². The van der Waals surface area contributed by atoms with Crippen LogP contribution in [0.15, 0.2) is 17.0 Å². The van der Waals surface area contributed by atoms with E-state index in [2.05, 4.69) is 0 Å². The first-order valence-corrected chi connectivity index (χ1v) is 5.87. The average Bonchev–Trinajstić information content (AvgIpc) is 2.27. The second-order valence-electron chi connectivity index (χ2n) is 3.30. The lowest BCUT2D eigenvalue weighted by Crippen LogP contribution is -2.12. The van der Waals surface area contributed by atoms with Crippen molar-refractivity contribution in [1.29, 1.82) is 0 Å². The molecule has 0 aromatic heterocycles. The molecule has 1 atom stereocenters. The second kappa shape index (κ2) is 5.23. The number of aliphatic carboxylic acids is 1. The van der Waals surface area contributed by atoms with E-state index in [1.54, 1.807) is 6.07 Å². The molecular formula is C11H14O4S. The molecule has 0 aliphatic rings. The molecule has 5 heteroatoms. The number of aryl methyl sites for hydroxylation is 1. The SMILES string of the molecule is COc1cc(C(O)C(=O)O)c(SC)cc1C. The molecule has 0 aliphatic heterocycles. The molecule has 0 amide bonds. The monoisotopic (exact) mass is 242 g/mol. The van der Waals surface area contributed by atoms with Gasteiger partial charge in [0.15, 0.2) is 6.10 Å². The Bertz CT molecular complexity index is 403. The molecule has 88 valence electrons. The quantitative estimate of drug-likeness (QED) is 0.789. The number of carboxylic acid groups (broad SMARTS) is 1. The number of rotatable bonds is 4. The lowest BCUT2D eigenvalue weighted by Gasteiger charge is -2.14. The van der Waals surface area contributed by atoms with E-state index in [0.29, 0.717) is 11.3 Å². The molecule has 0 bridgehead atoms. The predicted octanol–water partition coefficient (Wildman–Crippen LogP) is 1.84. The van der Waals surface area contributed by atoms with Crippen molar-refractivity contribution < 1.29 is 19.7 Å². The molecule has 1 aromatic carbocycles. The minimum Gasteiger partial charge on any atom is -0.496 e. The van der Waals surface area contributed by atoms with Gasteiger partial charge in [-0.25, -0.2) is 4.79 Å². The summed E-state index contributed by atoms with van der Waals surface area (Å²) in [5, 5.41) is 18.3. The molecule has 0 aliphatic carbocycles. The third-order valence-corrected chi connectivity index (χ3v) is 3.07. The Balaban J connectivity index is 3.29. The van der Waals surface area contributed by atoms with E-state index in [-0.39, 0.29) is 0 Å². The van der Waals surface area contributed by atoms with E-state index in [1.807, 2.05) is 19.2 Å². The summed E-state index contributed by atoms with van der Waals surface area (Å²) in [6.45, 7) is 1.87. The van der Waals surface area contributed by atoms with Crippen molar-refractivity contribution in [2.75, 3.05) is 13.4 Å². The number of ether oxygens (including phenoxy) is 1. The van der Waals surface area contributed by atoms with E-state index in [1.165, 1.54) is 18.9 Å². The summed E-state index contributed by atoms with van der Waals surface area (Å²) in [7, 11) is 1.51. The molecule has 16 heavy (non-hydrogen) atoms. The summed E-state index contributed by atoms with van der Waals surface area (Å²) in [5.41, 5.74) is 1.27. The predicted molar refractivity (Wildman–Crippen MR) is 62.1 cm³/mol. The van der Waals surface area contributed by atoms with Crippen LogP contribution in [0.3, 0.4) is 0 Å². The molecule has 1 rings (SSSR count). The van der Waals surface area contributed by atoms with Gasteiger partial charge in [-0.2, -0.15) is 0 Å². The van der Waals surface area contributed by atoms with Gasteiger partial charge in [0.25, 0.3) is 0 Å². The maximum atomic E-state index is 10.8. The van der Waals surface area contributed by atoms with Gasteiger partial charge in [0.05, 0.1) is 7.11 Å². The van der Waals surface area contributed by atoms with Crippen LogP contribution >= 0.6 is 11.8 Å². The van der Waals surface area contributed by atoms with Gasteiger partial charge >= 0.3 is 5.97 Å². The van der Waals surface area contributed by atoms with Crippen LogP contribution in [0.1, 0.15) is 17.2 Å². The summed E-state index contributed by atoms with van der Waals surface area (Å²) < 4.78 is 5.10. The fourth-order valence-corrected chi connectivity index (χ4v) is 2.12. The number of hydrogen-bond acceptors (Lipinski definition) is 4. The summed E-state index contributed by atoms with van der Waals surface area (Å²) in [4.78, 5) is 11.5. The lowest BCUT2D eigenvalue weighted by atomic mass is 10.1. The van der Waals surface area contributed by atoms with Gasteiger partial charge in [0, 0.05) is 10.5 Å². The molecular weight excluding hydrogens is 228 g/mol. The van der Waals surface area contributed by atoms with Gasteiger partial charge in [-0.05, 0) is 30.9 Å². The summed E-state index contributed by atoms with van der Waals surface area (Å²) in [6, 6.07) is 3.38. The number of thioether (sulfide) groups is 1. The topological polar surface area (TPSA) is 66.8 Å². The molecule has 1 aromatic rings. The Labute approximate surface area is 98.2 Å². The van der Waals surface area contributed by atoms with Crippen molar-refractivity contribution in [3.8, 4) is 5.75 Å². The summed E-state index contributed by atoms with van der Waals surface area (Å²) in [5.74, 6) is -0.686. The van der Waals surface area contributed by atoms with Crippen molar-refractivity contribution in [2.45, 2.75) is 17.9 Å². The molecule has 0 fully saturated rings. The van der Waals surface area contributed by atoms with Gasteiger partial charge in [0.1, 0.15) is 5.75 Å². The lowest BCUT2D eigenvalue weighted by molar-refractivity contribution is -0.147. The number of hydrogen-bond donors (Lipinski definition) is 2. The fourth-order valence-electron chi connectivity index (χ4n) is 1.42. The average molecular weight is 242 g/mol. The molecule has 2 N–H and O–H groups in total. The largest absolute Gasteiger partial charge is 0.496 e. The number of carboxylic acids is 1. The van der Waals surface area contributed by atoms with Crippen molar-refractivity contribution in [2.24, 2.45) is 0 Å². The van der Waals surface area contributed by atoms with Crippen LogP contribution < -0.4 is 4.74 Å². The van der Waals surface area contributed by atoms with Gasteiger partial charge in [-0.15, -0.1) is 11.8 Å². The molecule has 1 unspecified atom stereocenters. The van der Waals surface area contributed by atoms with Crippen molar-refractivity contribution in [3.63, 3.8) is 0 Å². The molecule has 4 nitrogen and oxygen atoms in total. The standard InChI is InChI=1S/C11H14O4S/c1-6-4-9(16-3)7(5-8(6)15-2)10(12)11(13)14/h4-5,10,12H,1-3H3,(H,13,14). The zero-order chi connectivity index (χ0) is 12.3. The smallest absolute Gasteiger partial charge is 0.337 e. The third-order valence-electron chi connectivity index (χ3n) is 2.28. The molecule has 0 radical (unpaired) electrons. The minimum atomic E-state index is -1.52. The molecule has 0 saturated heterocycles. The highest BCUT2D eigenvalue weighted by atomic mass is 32.2. The fraction of sp³-hybridized carbons (Fsp3) is 0.364. The Morgan fingerprint density at radius 3 is 2.56 bits per heavy atom. The van der Waals surface area contributed by atoms with Gasteiger partial charge < -0.3 is 14.9 Å². The van der Waals surface area contributed by atoms with Gasteiger partial charge in [-0.1, -0.05) is 0 Å². The van der Waals surface area contributed by atoms with Crippen molar-refractivity contribution >= 4 is 17.7 Å². The van der Waals surface area contributed by atoms with E-state index >= 15 is 0 Å². The Morgan fingerprint density at radius 1 is 1.50 bits per heavy atom. The third kappa shape index (κ3) is 2.48. The zero-order valence-corrected chi connectivity index (χ0v) is 10.2. The van der Waals surface area contributed by atoms with Crippen LogP contribution in [0.4, 0.5) is 0 Å². The summed E-state index contributed by atoms with van der Waals surface area (Å²) in [6.07, 6.45) is 0.316. The number of methoxy groups -OCH3 is 1. The Hall–Kier alpha value is -1.20. The highest BCUT2D eigenvalue weighted by molar-refractivity contribution is 7.98. The maximum Gasteiger partial charge on any atom is 0.337 e. The van der Waals surface area contributed by atoms with E-state index in [0.717, 1.165) is 10.5 Å². The first-order valence-electron chi connectivity index (χ1n) is 4.64. The van der Waals surface area contributed by atoms with E-state index in [4.69, 9.17) is 9.84 Å². The number of carbonyl (C=O) groups is 1. The molecule has 0 saturated carbocycles. The summed E-state index contributed by atoms with van der Waals surface area (Å²) >= 11 is 1.40. The Kier molecular flexibility index (Phi) is 4.20. The first kappa shape index (κ1) is 12.9. The van der Waals surface area contributed by atoms with Crippen molar-refractivity contribution in [1.82, 2.24) is 0 Å². The van der Waals surface area contributed by atoms with E-state index in [9.17, 15) is 9.90 Å². The highest BCUT2D eigenvalue weighted by Crippen LogP contribution is 2.32. The van der Waals surface area contributed by atoms with Crippen LogP contribution in [0, 0.1) is 6.92 Å². The normalized spacial score (nSPS) is 12.2. The number of aliphatic hydroxyl groups excluding tert-OH is 1. The molecule has 0 heterocycles. The minimum absolute atomic E-state index is 0.363.